The van der Waals surface area contributed by atoms with Gasteiger partial charge in [-0.3, -0.25) is 5.41 Å². The summed E-state index contributed by atoms with van der Waals surface area (Å²) in [6.07, 6.45) is -0.118. The van der Waals surface area contributed by atoms with Gasteiger partial charge >= 0.3 is 0 Å². The van der Waals surface area contributed by atoms with Gasteiger partial charge in [-0.1, -0.05) is 20.8 Å². The van der Waals surface area contributed by atoms with Gasteiger partial charge in [0.15, 0.2) is 0 Å². The highest BCUT2D eigenvalue weighted by Gasteiger charge is 2.30. The van der Waals surface area contributed by atoms with Crippen LogP contribution in [0.25, 0.3) is 0 Å². The molecule has 0 saturated carbocycles. The summed E-state index contributed by atoms with van der Waals surface area (Å²) in [5.74, 6) is 0.536. The third-order valence-electron chi connectivity index (χ3n) is 1.85. The van der Waals surface area contributed by atoms with Gasteiger partial charge in [-0.15, -0.1) is 0 Å². The Morgan fingerprint density at radius 1 is 1.38 bits per heavy atom. The summed E-state index contributed by atoms with van der Waals surface area (Å²) < 4.78 is 5.56. The van der Waals surface area contributed by atoms with Gasteiger partial charge in [-0.25, -0.2) is 0 Å². The summed E-state index contributed by atoms with van der Waals surface area (Å²) in [6.45, 7) is 8.88. The van der Waals surface area contributed by atoms with E-state index in [1.165, 1.54) is 0 Å². The molecule has 0 amide bonds. The zero-order valence-corrected chi connectivity index (χ0v) is 9.64. The Hall–Kier alpha value is -0.570. The molecule has 0 heterocycles. The van der Waals surface area contributed by atoms with Crippen molar-refractivity contribution < 1.29 is 4.74 Å². The predicted octanol–water partition coefficient (Wildman–Crippen LogP) is 1.98. The van der Waals surface area contributed by atoms with Crippen LogP contribution >= 0.6 is 0 Å². The first kappa shape index (κ1) is 12.4. The van der Waals surface area contributed by atoms with Gasteiger partial charge in [0, 0.05) is 20.7 Å². The Labute approximate surface area is 81.6 Å². The number of nitrogens with one attached hydrogen (secondary N) is 1. The van der Waals surface area contributed by atoms with Crippen LogP contribution in [0.15, 0.2) is 0 Å². The average molecular weight is 186 g/mol. The van der Waals surface area contributed by atoms with E-state index < -0.39 is 0 Å². The van der Waals surface area contributed by atoms with E-state index in [4.69, 9.17) is 10.1 Å². The van der Waals surface area contributed by atoms with Gasteiger partial charge in [0.1, 0.15) is 11.9 Å². The second kappa shape index (κ2) is 4.61. The maximum Gasteiger partial charge on any atom is 0.126 e. The van der Waals surface area contributed by atoms with E-state index >= 15 is 0 Å². The largest absolute Gasteiger partial charge is 0.370 e. The molecule has 13 heavy (non-hydrogen) atoms. The molecule has 0 aliphatic carbocycles. The first-order chi connectivity index (χ1) is 5.80. The topological polar surface area (TPSA) is 36.3 Å². The molecule has 0 fully saturated rings. The zero-order chi connectivity index (χ0) is 10.6. The number of hydrogen-bond acceptors (Lipinski definition) is 2. The third kappa shape index (κ3) is 3.77. The minimum Gasteiger partial charge on any atom is -0.370 e. The maximum atomic E-state index is 7.86. The number of nitrogens with zero attached hydrogens (tertiary/aromatic N) is 1. The molecule has 0 spiro atoms. The van der Waals surface area contributed by atoms with Gasteiger partial charge in [-0.2, -0.15) is 0 Å². The molecule has 0 aromatic rings. The molecular weight excluding hydrogens is 164 g/mol. The van der Waals surface area contributed by atoms with E-state index in [0.29, 0.717) is 12.4 Å². The van der Waals surface area contributed by atoms with E-state index in [1.54, 1.807) is 4.90 Å². The van der Waals surface area contributed by atoms with Gasteiger partial charge in [0.05, 0.1) is 0 Å². The van der Waals surface area contributed by atoms with Crippen molar-refractivity contribution in [2.24, 2.45) is 5.41 Å². The van der Waals surface area contributed by atoms with E-state index in [2.05, 4.69) is 20.8 Å². The van der Waals surface area contributed by atoms with Gasteiger partial charge < -0.3 is 9.64 Å². The summed E-state index contributed by atoms with van der Waals surface area (Å²) in [5, 5.41) is 7.86. The summed E-state index contributed by atoms with van der Waals surface area (Å²) >= 11 is 0. The van der Waals surface area contributed by atoms with Crippen molar-refractivity contribution in [3.05, 3.63) is 0 Å². The molecule has 0 aliphatic rings. The number of rotatable bonds is 3. The van der Waals surface area contributed by atoms with Gasteiger partial charge in [0.2, 0.25) is 0 Å². The van der Waals surface area contributed by atoms with E-state index in [1.807, 2.05) is 21.0 Å². The van der Waals surface area contributed by atoms with Crippen molar-refractivity contribution in [3.63, 3.8) is 0 Å². The van der Waals surface area contributed by atoms with Crippen LogP contribution in [-0.4, -0.2) is 37.5 Å². The minimum atomic E-state index is -0.118. The average Bonchev–Trinajstić information content (AvgIpc) is 1.96. The van der Waals surface area contributed by atoms with Crippen LogP contribution < -0.4 is 0 Å². The Bertz CT molecular complexity index is 170. The van der Waals surface area contributed by atoms with Crippen LogP contribution in [0.3, 0.4) is 0 Å². The molecule has 3 nitrogen and oxygen atoms in total. The van der Waals surface area contributed by atoms with Crippen LogP contribution in [-0.2, 0) is 4.74 Å². The SMILES string of the molecule is CCOC(C(=N)N(C)C)C(C)(C)C. The highest BCUT2D eigenvalue weighted by molar-refractivity contribution is 5.84. The Morgan fingerprint density at radius 2 is 1.85 bits per heavy atom. The molecule has 78 valence electrons. The fraction of sp³-hybridized carbons (Fsp3) is 0.900. The normalized spacial score (nSPS) is 14.0. The highest BCUT2D eigenvalue weighted by Crippen LogP contribution is 2.23. The third-order valence-corrected chi connectivity index (χ3v) is 1.85. The fourth-order valence-corrected chi connectivity index (χ4v) is 1.14. The second-order valence-electron chi connectivity index (χ2n) is 4.48. The van der Waals surface area contributed by atoms with Crippen molar-refractivity contribution in [3.8, 4) is 0 Å². The minimum absolute atomic E-state index is 0.0165. The molecule has 0 rings (SSSR count). The van der Waals surface area contributed by atoms with E-state index in [0.717, 1.165) is 0 Å². The lowest BCUT2D eigenvalue weighted by atomic mass is 9.88. The maximum absolute atomic E-state index is 7.86. The quantitative estimate of drug-likeness (QED) is 0.540. The summed E-state index contributed by atoms with van der Waals surface area (Å²) in [5.41, 5.74) is -0.0165. The lowest BCUT2D eigenvalue weighted by molar-refractivity contribution is 0.0292. The molecule has 1 atom stereocenters. The Morgan fingerprint density at radius 3 is 2.08 bits per heavy atom. The Kier molecular flexibility index (Phi) is 4.40. The lowest BCUT2D eigenvalue weighted by Crippen LogP contribution is -2.43. The van der Waals surface area contributed by atoms with Crippen LogP contribution in [0.4, 0.5) is 0 Å². The number of amidine groups is 1. The fourth-order valence-electron chi connectivity index (χ4n) is 1.14. The summed E-state index contributed by atoms with van der Waals surface area (Å²) in [7, 11) is 3.75. The van der Waals surface area contributed by atoms with E-state index in [9.17, 15) is 0 Å². The molecule has 0 bridgehead atoms. The van der Waals surface area contributed by atoms with E-state index in [-0.39, 0.29) is 11.5 Å². The predicted molar refractivity (Wildman–Crippen MR) is 56.3 cm³/mol. The van der Waals surface area contributed by atoms with Crippen molar-refractivity contribution in [1.82, 2.24) is 4.90 Å². The van der Waals surface area contributed by atoms with Gasteiger partial charge in [0.25, 0.3) is 0 Å². The van der Waals surface area contributed by atoms with Crippen molar-refractivity contribution >= 4 is 5.84 Å². The number of hydrogen-bond donors (Lipinski definition) is 1. The first-order valence-corrected chi connectivity index (χ1v) is 4.68. The standard InChI is InChI=1S/C10H22N2O/c1-7-13-8(10(2,3)4)9(11)12(5)6/h8,11H,7H2,1-6H3. The van der Waals surface area contributed by atoms with Gasteiger partial charge in [-0.05, 0) is 12.3 Å². The molecule has 1 N–H and O–H groups in total. The van der Waals surface area contributed by atoms with Crippen molar-refractivity contribution in [1.29, 1.82) is 5.41 Å². The van der Waals surface area contributed by atoms with Crippen LogP contribution in [0.5, 0.6) is 0 Å². The van der Waals surface area contributed by atoms with Crippen molar-refractivity contribution in [2.45, 2.75) is 33.8 Å². The smallest absolute Gasteiger partial charge is 0.126 e. The molecule has 0 aromatic heterocycles. The molecule has 0 saturated heterocycles. The molecule has 1 unspecified atom stereocenters. The highest BCUT2D eigenvalue weighted by atomic mass is 16.5. The van der Waals surface area contributed by atoms with Crippen LogP contribution in [0.1, 0.15) is 27.7 Å². The van der Waals surface area contributed by atoms with Crippen LogP contribution in [0, 0.1) is 10.8 Å². The zero-order valence-electron chi connectivity index (χ0n) is 9.64. The molecule has 0 radical (unpaired) electrons. The number of likely N-dealkylation sites (N-methyl/N-ethyl adjacent to an activating group) is 1. The Balaban J connectivity index is 4.52. The number of ether oxygens (including phenoxy) is 1. The van der Waals surface area contributed by atoms with Crippen molar-refractivity contribution in [2.75, 3.05) is 20.7 Å². The summed E-state index contributed by atoms with van der Waals surface area (Å²) in [4.78, 5) is 1.80. The van der Waals surface area contributed by atoms with Crippen LogP contribution in [0.2, 0.25) is 0 Å². The monoisotopic (exact) mass is 186 g/mol. The molecule has 0 aliphatic heterocycles. The lowest BCUT2D eigenvalue weighted by Gasteiger charge is -2.33. The second-order valence-corrected chi connectivity index (χ2v) is 4.48. The molecule has 3 heteroatoms. The first-order valence-electron chi connectivity index (χ1n) is 4.68. The summed E-state index contributed by atoms with van der Waals surface area (Å²) in [6, 6.07) is 0. The molecular formula is C10H22N2O. The molecule has 0 aromatic carbocycles.